The number of hydrogen-bond acceptors (Lipinski definition) is 3. The van der Waals surface area contributed by atoms with Crippen molar-refractivity contribution in [2.45, 2.75) is 25.7 Å². The third-order valence-corrected chi connectivity index (χ3v) is 2.88. The molecule has 2 aromatic rings. The van der Waals surface area contributed by atoms with Gasteiger partial charge in [-0.25, -0.2) is 0 Å². The van der Waals surface area contributed by atoms with E-state index in [0.29, 0.717) is 0 Å². The zero-order valence-electron chi connectivity index (χ0n) is 8.44. The van der Waals surface area contributed by atoms with E-state index in [1.54, 1.807) is 6.20 Å². The third kappa shape index (κ3) is 1.44. The van der Waals surface area contributed by atoms with Gasteiger partial charge < -0.3 is 4.52 Å². The molecule has 0 aliphatic heterocycles. The molecular formula is C12H12N2O. The summed E-state index contributed by atoms with van der Waals surface area (Å²) in [5.74, 6) is 0.915. The molecule has 0 radical (unpaired) electrons. The molecule has 3 heteroatoms. The van der Waals surface area contributed by atoms with Gasteiger partial charge in [0, 0.05) is 23.5 Å². The van der Waals surface area contributed by atoms with E-state index in [-0.39, 0.29) is 0 Å². The van der Waals surface area contributed by atoms with Gasteiger partial charge in [0.1, 0.15) is 0 Å². The molecule has 0 saturated carbocycles. The van der Waals surface area contributed by atoms with Crippen molar-refractivity contribution in [2.75, 3.05) is 0 Å². The second-order valence-electron chi connectivity index (χ2n) is 3.89. The summed E-state index contributed by atoms with van der Waals surface area (Å²) in [6, 6.07) is 3.94. The molecule has 0 aromatic carbocycles. The highest BCUT2D eigenvalue weighted by Crippen LogP contribution is 2.30. The number of hydrogen-bond donors (Lipinski definition) is 0. The quantitative estimate of drug-likeness (QED) is 0.710. The lowest BCUT2D eigenvalue weighted by molar-refractivity contribution is 0.423. The second kappa shape index (κ2) is 3.50. The molecular weight excluding hydrogens is 188 g/mol. The summed E-state index contributed by atoms with van der Waals surface area (Å²) in [4.78, 5) is 4.10. The number of aryl methyl sites for hydroxylation is 1. The van der Waals surface area contributed by atoms with Crippen LogP contribution in [0.2, 0.25) is 0 Å². The third-order valence-electron chi connectivity index (χ3n) is 2.88. The Balaban J connectivity index is 2.09. The van der Waals surface area contributed by atoms with Crippen molar-refractivity contribution in [3.05, 3.63) is 35.8 Å². The Labute approximate surface area is 88.1 Å². The fourth-order valence-corrected chi connectivity index (χ4v) is 2.11. The molecule has 2 aromatic heterocycles. The Hall–Kier alpha value is -1.64. The van der Waals surface area contributed by atoms with Crippen LogP contribution in [0.3, 0.4) is 0 Å². The number of pyridine rings is 1. The normalized spacial score (nSPS) is 14.9. The maximum absolute atomic E-state index is 5.41. The van der Waals surface area contributed by atoms with Gasteiger partial charge in [-0.3, -0.25) is 4.98 Å². The standard InChI is InChI=1S/C12H12N2O/c1-2-6-11-10(5-1)12(15-14-11)9-4-3-7-13-8-9/h3-4,7-8H,1-2,5-6H2. The largest absolute Gasteiger partial charge is 0.356 e. The number of nitrogens with zero attached hydrogens (tertiary/aromatic N) is 2. The smallest absolute Gasteiger partial charge is 0.171 e. The van der Waals surface area contributed by atoms with Crippen LogP contribution >= 0.6 is 0 Å². The molecule has 3 nitrogen and oxygen atoms in total. The molecule has 1 aliphatic rings. The van der Waals surface area contributed by atoms with E-state index < -0.39 is 0 Å². The van der Waals surface area contributed by atoms with Gasteiger partial charge in [-0.1, -0.05) is 5.16 Å². The average Bonchev–Trinajstić information content (AvgIpc) is 2.74. The number of rotatable bonds is 1. The lowest BCUT2D eigenvalue weighted by atomic mass is 9.94. The highest BCUT2D eigenvalue weighted by atomic mass is 16.5. The zero-order valence-corrected chi connectivity index (χ0v) is 8.44. The molecule has 0 atom stereocenters. The van der Waals surface area contributed by atoms with Gasteiger partial charge in [-0.15, -0.1) is 0 Å². The zero-order chi connectivity index (χ0) is 10.1. The van der Waals surface area contributed by atoms with Gasteiger partial charge in [0.25, 0.3) is 0 Å². The van der Waals surface area contributed by atoms with Crippen molar-refractivity contribution in [1.29, 1.82) is 0 Å². The minimum Gasteiger partial charge on any atom is -0.356 e. The van der Waals surface area contributed by atoms with Gasteiger partial charge in [-0.2, -0.15) is 0 Å². The van der Waals surface area contributed by atoms with E-state index in [1.165, 1.54) is 18.4 Å². The van der Waals surface area contributed by atoms with E-state index in [4.69, 9.17) is 4.52 Å². The molecule has 0 fully saturated rings. The molecule has 0 spiro atoms. The predicted octanol–water partition coefficient (Wildman–Crippen LogP) is 2.62. The fraction of sp³-hybridized carbons (Fsp3) is 0.333. The van der Waals surface area contributed by atoms with Crippen molar-refractivity contribution in [2.24, 2.45) is 0 Å². The maximum Gasteiger partial charge on any atom is 0.171 e. The summed E-state index contributed by atoms with van der Waals surface area (Å²) >= 11 is 0. The highest BCUT2D eigenvalue weighted by Gasteiger charge is 2.19. The summed E-state index contributed by atoms with van der Waals surface area (Å²) in [7, 11) is 0. The van der Waals surface area contributed by atoms with Gasteiger partial charge >= 0.3 is 0 Å². The van der Waals surface area contributed by atoms with E-state index >= 15 is 0 Å². The van der Waals surface area contributed by atoms with Crippen LogP contribution in [0.5, 0.6) is 0 Å². The van der Waals surface area contributed by atoms with Crippen molar-refractivity contribution in [1.82, 2.24) is 10.1 Å². The summed E-state index contributed by atoms with van der Waals surface area (Å²) in [5, 5.41) is 4.13. The van der Waals surface area contributed by atoms with Crippen LogP contribution in [-0.2, 0) is 12.8 Å². The second-order valence-corrected chi connectivity index (χ2v) is 3.89. The van der Waals surface area contributed by atoms with Gasteiger partial charge in [-0.05, 0) is 37.8 Å². The van der Waals surface area contributed by atoms with Crippen LogP contribution in [0.25, 0.3) is 11.3 Å². The van der Waals surface area contributed by atoms with Crippen molar-refractivity contribution in [3.63, 3.8) is 0 Å². The lowest BCUT2D eigenvalue weighted by Gasteiger charge is -2.08. The van der Waals surface area contributed by atoms with Crippen LogP contribution in [0.1, 0.15) is 24.1 Å². The Morgan fingerprint density at radius 3 is 3.00 bits per heavy atom. The highest BCUT2D eigenvalue weighted by molar-refractivity contribution is 5.61. The van der Waals surface area contributed by atoms with Crippen LogP contribution in [-0.4, -0.2) is 10.1 Å². The molecule has 3 rings (SSSR count). The molecule has 0 bridgehead atoms. The van der Waals surface area contributed by atoms with Crippen LogP contribution in [0, 0.1) is 0 Å². The van der Waals surface area contributed by atoms with Gasteiger partial charge in [0.15, 0.2) is 5.76 Å². The Morgan fingerprint density at radius 2 is 2.13 bits per heavy atom. The lowest BCUT2D eigenvalue weighted by Crippen LogP contribution is -2.01. The minimum absolute atomic E-state index is 0.915. The Morgan fingerprint density at radius 1 is 1.20 bits per heavy atom. The molecule has 0 unspecified atom stereocenters. The van der Waals surface area contributed by atoms with E-state index in [0.717, 1.165) is 29.9 Å². The number of aromatic nitrogens is 2. The maximum atomic E-state index is 5.41. The first-order valence-electron chi connectivity index (χ1n) is 5.33. The van der Waals surface area contributed by atoms with Crippen molar-refractivity contribution in [3.8, 4) is 11.3 Å². The molecule has 2 heterocycles. The van der Waals surface area contributed by atoms with Crippen molar-refractivity contribution < 1.29 is 4.52 Å². The topological polar surface area (TPSA) is 38.9 Å². The minimum atomic E-state index is 0.915. The van der Waals surface area contributed by atoms with E-state index in [1.807, 2.05) is 18.3 Å². The molecule has 76 valence electrons. The molecule has 0 amide bonds. The molecule has 0 N–H and O–H groups in total. The Kier molecular flexibility index (Phi) is 2.02. The summed E-state index contributed by atoms with van der Waals surface area (Å²) in [6.07, 6.45) is 8.21. The van der Waals surface area contributed by atoms with Gasteiger partial charge in [0.05, 0.1) is 5.69 Å². The first-order chi connectivity index (χ1) is 7.45. The molecule has 0 saturated heterocycles. The van der Waals surface area contributed by atoms with Crippen LogP contribution in [0.4, 0.5) is 0 Å². The molecule has 15 heavy (non-hydrogen) atoms. The average molecular weight is 200 g/mol. The molecule has 1 aliphatic carbocycles. The van der Waals surface area contributed by atoms with Crippen LogP contribution in [0.15, 0.2) is 29.0 Å². The Bertz CT molecular complexity index is 462. The van der Waals surface area contributed by atoms with E-state index in [9.17, 15) is 0 Å². The number of fused-ring (bicyclic) bond motifs is 1. The predicted molar refractivity (Wildman–Crippen MR) is 56.4 cm³/mol. The SMILES string of the molecule is c1cncc(-c2onc3c2CCCC3)c1. The summed E-state index contributed by atoms with van der Waals surface area (Å²) < 4.78 is 5.41. The van der Waals surface area contributed by atoms with Crippen LogP contribution < -0.4 is 0 Å². The monoisotopic (exact) mass is 200 g/mol. The summed E-state index contributed by atoms with van der Waals surface area (Å²) in [6.45, 7) is 0. The van der Waals surface area contributed by atoms with E-state index in [2.05, 4.69) is 10.1 Å². The summed E-state index contributed by atoms with van der Waals surface area (Å²) in [5.41, 5.74) is 3.46. The van der Waals surface area contributed by atoms with Gasteiger partial charge in [0.2, 0.25) is 0 Å². The fourth-order valence-electron chi connectivity index (χ4n) is 2.11. The first kappa shape index (κ1) is 8.65. The van der Waals surface area contributed by atoms with Crippen molar-refractivity contribution >= 4 is 0 Å². The first-order valence-corrected chi connectivity index (χ1v) is 5.33.